The lowest BCUT2D eigenvalue weighted by molar-refractivity contribution is 0.479. The first kappa shape index (κ1) is 14.6. The van der Waals surface area contributed by atoms with Crippen LogP contribution >= 0.6 is 0 Å². The zero-order chi connectivity index (χ0) is 14.9. The summed E-state index contributed by atoms with van der Waals surface area (Å²) in [6, 6.07) is 7.07. The van der Waals surface area contributed by atoms with Crippen LogP contribution in [-0.2, 0) is 16.6 Å². The van der Waals surface area contributed by atoms with E-state index in [0.717, 1.165) is 11.1 Å². The van der Waals surface area contributed by atoms with Crippen molar-refractivity contribution in [1.82, 2.24) is 0 Å². The first-order valence-corrected chi connectivity index (χ1v) is 7.71. The van der Waals surface area contributed by atoms with Gasteiger partial charge in [0.25, 0.3) is 10.0 Å². The Kier molecular flexibility index (Phi) is 3.87. The number of furan rings is 1. The Bertz CT molecular complexity index is 733. The summed E-state index contributed by atoms with van der Waals surface area (Å²) in [6.07, 6.45) is 0. The maximum Gasteiger partial charge on any atom is 0.265 e. The van der Waals surface area contributed by atoms with Crippen molar-refractivity contribution in [2.45, 2.75) is 32.2 Å². The largest absolute Gasteiger partial charge is 0.464 e. The van der Waals surface area contributed by atoms with Crippen molar-refractivity contribution in [2.75, 3.05) is 4.72 Å². The number of nitrogens with one attached hydrogen (secondary N) is 1. The molecule has 0 saturated heterocycles. The van der Waals surface area contributed by atoms with Crippen molar-refractivity contribution in [1.29, 1.82) is 0 Å². The average molecular weight is 294 g/mol. The standard InChI is InChI=1S/C14H18N2O3S/c1-9-4-5-10(2)13(6-9)16-20(17,18)14-7-12(8-15)19-11(14)3/h4-7,16H,8,15H2,1-3H3. The smallest absolute Gasteiger partial charge is 0.265 e. The molecule has 1 aromatic carbocycles. The fourth-order valence-corrected chi connectivity index (χ4v) is 3.26. The van der Waals surface area contributed by atoms with Crippen molar-refractivity contribution in [3.05, 3.63) is 46.9 Å². The summed E-state index contributed by atoms with van der Waals surface area (Å²) in [5.41, 5.74) is 7.88. The molecule has 0 fully saturated rings. The molecule has 0 spiro atoms. The molecule has 5 nitrogen and oxygen atoms in total. The van der Waals surface area contributed by atoms with Crippen LogP contribution in [0.4, 0.5) is 5.69 Å². The zero-order valence-electron chi connectivity index (χ0n) is 11.7. The average Bonchev–Trinajstić information content (AvgIpc) is 2.76. The van der Waals surface area contributed by atoms with E-state index >= 15 is 0 Å². The minimum atomic E-state index is -3.67. The first-order chi connectivity index (χ1) is 9.33. The van der Waals surface area contributed by atoms with Crippen LogP contribution in [0.5, 0.6) is 0 Å². The molecule has 108 valence electrons. The minimum Gasteiger partial charge on any atom is -0.464 e. The van der Waals surface area contributed by atoms with Crippen molar-refractivity contribution in [2.24, 2.45) is 5.73 Å². The molecule has 0 aliphatic heterocycles. The zero-order valence-corrected chi connectivity index (χ0v) is 12.5. The van der Waals surface area contributed by atoms with Gasteiger partial charge in [0.2, 0.25) is 0 Å². The Morgan fingerprint density at radius 2 is 1.90 bits per heavy atom. The van der Waals surface area contributed by atoms with E-state index in [1.807, 2.05) is 26.0 Å². The van der Waals surface area contributed by atoms with E-state index in [2.05, 4.69) is 4.72 Å². The summed E-state index contributed by atoms with van der Waals surface area (Å²) >= 11 is 0. The lowest BCUT2D eigenvalue weighted by Gasteiger charge is -2.10. The summed E-state index contributed by atoms with van der Waals surface area (Å²) in [6.45, 7) is 5.54. The molecular formula is C14H18N2O3S. The van der Waals surface area contributed by atoms with E-state index in [-0.39, 0.29) is 11.4 Å². The maximum absolute atomic E-state index is 12.4. The van der Waals surface area contributed by atoms with E-state index in [9.17, 15) is 8.42 Å². The van der Waals surface area contributed by atoms with Crippen molar-refractivity contribution >= 4 is 15.7 Å². The highest BCUT2D eigenvalue weighted by molar-refractivity contribution is 7.92. The highest BCUT2D eigenvalue weighted by Gasteiger charge is 2.21. The molecule has 0 radical (unpaired) electrons. The maximum atomic E-state index is 12.4. The number of nitrogens with two attached hydrogens (primary N) is 1. The molecule has 0 atom stereocenters. The third-order valence-corrected chi connectivity index (χ3v) is 4.52. The monoisotopic (exact) mass is 294 g/mol. The second-order valence-corrected chi connectivity index (χ2v) is 6.41. The Labute approximate surface area is 118 Å². The van der Waals surface area contributed by atoms with Crippen molar-refractivity contribution in [3.8, 4) is 0 Å². The van der Waals surface area contributed by atoms with Gasteiger partial charge in [-0.25, -0.2) is 8.42 Å². The minimum absolute atomic E-state index is 0.124. The fraction of sp³-hybridized carbons (Fsp3) is 0.286. The second-order valence-electron chi connectivity index (χ2n) is 4.76. The summed E-state index contributed by atoms with van der Waals surface area (Å²) in [5, 5.41) is 0. The molecule has 0 aliphatic rings. The number of hydrogen-bond donors (Lipinski definition) is 2. The Morgan fingerprint density at radius 3 is 2.50 bits per heavy atom. The van der Waals surface area contributed by atoms with E-state index in [1.165, 1.54) is 6.07 Å². The normalized spacial score (nSPS) is 11.6. The van der Waals surface area contributed by atoms with Gasteiger partial charge in [-0.15, -0.1) is 0 Å². The Balaban J connectivity index is 2.40. The van der Waals surface area contributed by atoms with Crippen molar-refractivity contribution < 1.29 is 12.8 Å². The number of hydrogen-bond acceptors (Lipinski definition) is 4. The van der Waals surface area contributed by atoms with Crippen LogP contribution in [0.1, 0.15) is 22.6 Å². The Hall–Kier alpha value is -1.79. The molecule has 3 N–H and O–H groups in total. The number of anilines is 1. The van der Waals surface area contributed by atoms with Gasteiger partial charge in [0.1, 0.15) is 16.4 Å². The van der Waals surface area contributed by atoms with E-state index < -0.39 is 10.0 Å². The van der Waals surface area contributed by atoms with E-state index in [0.29, 0.717) is 17.2 Å². The van der Waals surface area contributed by atoms with Crippen LogP contribution < -0.4 is 10.5 Å². The number of rotatable bonds is 4. The first-order valence-electron chi connectivity index (χ1n) is 6.23. The van der Waals surface area contributed by atoms with Gasteiger partial charge >= 0.3 is 0 Å². The highest BCUT2D eigenvalue weighted by atomic mass is 32.2. The van der Waals surface area contributed by atoms with Gasteiger partial charge in [-0.3, -0.25) is 4.72 Å². The fourth-order valence-electron chi connectivity index (χ4n) is 1.94. The SMILES string of the molecule is Cc1ccc(C)c(NS(=O)(=O)c2cc(CN)oc2C)c1. The van der Waals surface area contributed by atoms with E-state index in [1.54, 1.807) is 13.0 Å². The molecule has 1 heterocycles. The molecule has 0 unspecified atom stereocenters. The van der Waals surface area contributed by atoms with Gasteiger partial charge in [-0.05, 0) is 38.0 Å². The lowest BCUT2D eigenvalue weighted by Crippen LogP contribution is -2.14. The molecule has 0 aliphatic carbocycles. The van der Waals surface area contributed by atoms with Crippen molar-refractivity contribution in [3.63, 3.8) is 0 Å². The van der Waals surface area contributed by atoms with Gasteiger partial charge in [-0.2, -0.15) is 0 Å². The third kappa shape index (κ3) is 2.86. The molecule has 1 aromatic heterocycles. The van der Waals surface area contributed by atoms with Crippen LogP contribution in [0.15, 0.2) is 33.6 Å². The predicted octanol–water partition coefficient (Wildman–Crippen LogP) is 2.46. The van der Waals surface area contributed by atoms with Gasteiger partial charge in [0.15, 0.2) is 0 Å². The highest BCUT2D eigenvalue weighted by Crippen LogP contribution is 2.24. The molecule has 20 heavy (non-hydrogen) atoms. The van der Waals surface area contributed by atoms with Gasteiger partial charge in [0.05, 0.1) is 12.2 Å². The number of aryl methyl sites for hydroxylation is 3. The van der Waals surface area contributed by atoms with Crippen LogP contribution in [0.3, 0.4) is 0 Å². The molecule has 0 amide bonds. The molecule has 0 saturated carbocycles. The van der Waals surface area contributed by atoms with Gasteiger partial charge in [-0.1, -0.05) is 12.1 Å². The van der Waals surface area contributed by atoms with Crippen LogP contribution in [0.25, 0.3) is 0 Å². The summed E-state index contributed by atoms with van der Waals surface area (Å²) in [7, 11) is -3.67. The molecular weight excluding hydrogens is 276 g/mol. The predicted molar refractivity (Wildman–Crippen MR) is 78.1 cm³/mol. The van der Waals surface area contributed by atoms with Crippen LogP contribution in [-0.4, -0.2) is 8.42 Å². The number of sulfonamides is 1. The van der Waals surface area contributed by atoms with E-state index in [4.69, 9.17) is 10.2 Å². The molecule has 2 rings (SSSR count). The van der Waals surface area contributed by atoms with Gasteiger partial charge < -0.3 is 10.2 Å². The molecule has 6 heteroatoms. The molecule has 0 bridgehead atoms. The summed E-state index contributed by atoms with van der Waals surface area (Å²) in [5.74, 6) is 0.784. The summed E-state index contributed by atoms with van der Waals surface area (Å²) < 4.78 is 32.7. The van der Waals surface area contributed by atoms with Crippen LogP contribution in [0.2, 0.25) is 0 Å². The topological polar surface area (TPSA) is 85.3 Å². The number of benzene rings is 1. The van der Waals surface area contributed by atoms with Gasteiger partial charge in [0, 0.05) is 6.07 Å². The second kappa shape index (κ2) is 5.30. The van der Waals surface area contributed by atoms with Crippen LogP contribution in [0, 0.1) is 20.8 Å². The molecule has 2 aromatic rings. The quantitative estimate of drug-likeness (QED) is 0.907. The third-order valence-electron chi connectivity index (χ3n) is 3.05. The Morgan fingerprint density at radius 1 is 1.20 bits per heavy atom. The summed E-state index contributed by atoms with van der Waals surface area (Å²) in [4.78, 5) is 0.124. The lowest BCUT2D eigenvalue weighted by atomic mass is 10.1.